The Bertz CT molecular complexity index is 981. The summed E-state index contributed by atoms with van der Waals surface area (Å²) in [6.45, 7) is 6.02. The van der Waals surface area contributed by atoms with E-state index in [4.69, 9.17) is 6.42 Å². The summed E-state index contributed by atoms with van der Waals surface area (Å²) in [4.78, 5) is 12.9. The van der Waals surface area contributed by atoms with Gasteiger partial charge in [0.2, 0.25) is 0 Å². The second-order valence-electron chi connectivity index (χ2n) is 5.14. The van der Waals surface area contributed by atoms with E-state index in [1.165, 1.54) is 9.25 Å². The average molecular weight is 427 g/mol. The van der Waals surface area contributed by atoms with Crippen molar-refractivity contribution in [3.05, 3.63) is 53.8 Å². The van der Waals surface area contributed by atoms with Gasteiger partial charge in [-0.05, 0) is 18.1 Å². The Hall–Kier alpha value is -1.90. The number of aromatic nitrogens is 3. The van der Waals surface area contributed by atoms with Gasteiger partial charge in [0.05, 0.1) is 23.7 Å². The van der Waals surface area contributed by atoms with Crippen molar-refractivity contribution in [2.45, 2.75) is 27.3 Å². The molecule has 2 heterocycles. The molecule has 5 nitrogen and oxygen atoms in total. The maximum absolute atomic E-state index is 12.9. The number of rotatable bonds is 2. The first-order chi connectivity index (χ1) is 11.6. The molecule has 1 N–H and O–H groups in total. The Balaban J connectivity index is 0.00000151. The number of aryl methyl sites for hydroxylation is 2. The van der Waals surface area contributed by atoms with Crippen molar-refractivity contribution in [2.24, 2.45) is 7.05 Å². The van der Waals surface area contributed by atoms with Gasteiger partial charge in [0.25, 0.3) is 5.56 Å². The molecule has 0 unspecified atom stereocenters. The van der Waals surface area contributed by atoms with Crippen molar-refractivity contribution in [2.75, 3.05) is 0 Å². The summed E-state index contributed by atoms with van der Waals surface area (Å²) in [6, 6.07) is 7.43. The fourth-order valence-corrected chi connectivity index (χ4v) is 2.72. The summed E-state index contributed by atoms with van der Waals surface area (Å²) in [5.74, 6) is 2.43. The molecule has 0 aliphatic rings. The zero-order valence-corrected chi connectivity index (χ0v) is 18.8. The Morgan fingerprint density at radius 1 is 1.27 bits per heavy atom. The quantitative estimate of drug-likeness (QED) is 0.503. The third-order valence-corrected chi connectivity index (χ3v) is 3.78. The largest absolute Gasteiger partial charge is 0.506 e. The maximum atomic E-state index is 12.9. The van der Waals surface area contributed by atoms with Crippen molar-refractivity contribution < 1.29 is 37.8 Å². The van der Waals surface area contributed by atoms with Gasteiger partial charge in [0.15, 0.2) is 0 Å². The van der Waals surface area contributed by atoms with E-state index < -0.39 is 0 Å². The molecule has 3 aromatic rings. The molecule has 135 valence electrons. The summed E-state index contributed by atoms with van der Waals surface area (Å²) in [6.07, 6.45) is 6.93. The second kappa shape index (κ2) is 10.3. The summed E-state index contributed by atoms with van der Waals surface area (Å²) in [5.41, 5.74) is 2.06. The second-order valence-corrected chi connectivity index (χ2v) is 5.14. The SMILES string of the molecule is C#CCn1c(=O)c(-c2ccccc2C)c(O)c2cnn(C)c21.CC.[CH3-].[Y]. The van der Waals surface area contributed by atoms with E-state index in [0.29, 0.717) is 16.6 Å². The molecule has 2 aromatic heterocycles. The van der Waals surface area contributed by atoms with Crippen molar-refractivity contribution >= 4 is 11.0 Å². The molecule has 1 aromatic carbocycles. The van der Waals surface area contributed by atoms with E-state index in [1.54, 1.807) is 13.2 Å². The van der Waals surface area contributed by atoms with Gasteiger partial charge in [-0.1, -0.05) is 44.0 Å². The molecule has 0 aliphatic heterocycles. The van der Waals surface area contributed by atoms with Crippen LogP contribution in [0.25, 0.3) is 22.2 Å². The van der Waals surface area contributed by atoms with Crippen molar-refractivity contribution in [1.82, 2.24) is 14.3 Å². The Morgan fingerprint density at radius 3 is 2.46 bits per heavy atom. The standard InChI is InChI=1S/C17H15N3O2.C2H6.CH3.Y/c1-4-9-20-16-13(10-18-19(16)3)15(21)14(17(20)22)12-8-6-5-7-11(12)2;1-2;;/h1,5-8,10,21H,9H2,2-3H3;1-2H3;1H3;/q;;-1;. The van der Waals surface area contributed by atoms with Crippen molar-refractivity contribution in [3.63, 3.8) is 0 Å². The van der Waals surface area contributed by atoms with Crippen LogP contribution in [0.3, 0.4) is 0 Å². The number of benzene rings is 1. The van der Waals surface area contributed by atoms with Gasteiger partial charge in [-0.3, -0.25) is 14.0 Å². The number of aromatic hydroxyl groups is 1. The Kier molecular flexibility index (Phi) is 9.55. The van der Waals surface area contributed by atoms with Crippen LogP contribution in [0.5, 0.6) is 5.75 Å². The first-order valence-electron chi connectivity index (χ1n) is 7.83. The predicted octanol–water partition coefficient (Wildman–Crippen LogP) is 3.52. The first kappa shape index (κ1) is 24.1. The van der Waals surface area contributed by atoms with Crippen LogP contribution in [-0.4, -0.2) is 19.5 Å². The fraction of sp³-hybridized carbons (Fsp3) is 0.250. The van der Waals surface area contributed by atoms with Crippen LogP contribution < -0.4 is 5.56 Å². The molecule has 0 atom stereocenters. The number of fused-ring (bicyclic) bond motifs is 1. The van der Waals surface area contributed by atoms with Crippen LogP contribution in [0.1, 0.15) is 19.4 Å². The monoisotopic (exact) mass is 427 g/mol. The number of terminal acetylenes is 1. The minimum Gasteiger partial charge on any atom is -0.506 e. The van der Waals surface area contributed by atoms with Crippen molar-refractivity contribution in [3.8, 4) is 29.2 Å². The van der Waals surface area contributed by atoms with Gasteiger partial charge in [-0.25, -0.2) is 0 Å². The summed E-state index contributed by atoms with van der Waals surface area (Å²) in [7, 11) is 1.71. The fourth-order valence-electron chi connectivity index (χ4n) is 2.72. The summed E-state index contributed by atoms with van der Waals surface area (Å²) in [5, 5.41) is 15.2. The molecule has 6 heteroatoms. The normalized spacial score (nSPS) is 9.35. The number of hydrogen-bond acceptors (Lipinski definition) is 3. The Morgan fingerprint density at radius 2 is 1.88 bits per heavy atom. The number of hydrogen-bond donors (Lipinski definition) is 1. The minimum absolute atomic E-state index is 0. The molecule has 1 radical (unpaired) electrons. The van der Waals surface area contributed by atoms with Crippen LogP contribution in [0, 0.1) is 26.7 Å². The molecule has 0 bridgehead atoms. The maximum Gasteiger partial charge on any atom is 0.264 e. The van der Waals surface area contributed by atoms with Gasteiger partial charge in [-0.15, -0.1) is 6.42 Å². The molecular formula is C20H24N3O2Y-. The topological polar surface area (TPSA) is 60.1 Å². The molecule has 0 aliphatic carbocycles. The predicted molar refractivity (Wildman–Crippen MR) is 103 cm³/mol. The van der Waals surface area contributed by atoms with E-state index in [1.807, 2.05) is 45.0 Å². The van der Waals surface area contributed by atoms with Crippen molar-refractivity contribution in [1.29, 1.82) is 0 Å². The van der Waals surface area contributed by atoms with Crippen LogP contribution >= 0.6 is 0 Å². The summed E-state index contributed by atoms with van der Waals surface area (Å²) >= 11 is 0. The molecule has 0 fully saturated rings. The van der Waals surface area contributed by atoms with Gasteiger partial charge >= 0.3 is 0 Å². The average Bonchev–Trinajstić information content (AvgIpc) is 2.97. The molecule has 0 saturated heterocycles. The third kappa shape index (κ3) is 4.08. The van der Waals surface area contributed by atoms with Crippen LogP contribution in [-0.2, 0) is 46.3 Å². The van der Waals surface area contributed by atoms with Gasteiger partial charge in [-0.2, -0.15) is 5.10 Å². The van der Waals surface area contributed by atoms with E-state index >= 15 is 0 Å². The summed E-state index contributed by atoms with van der Waals surface area (Å²) < 4.78 is 3.00. The van der Waals surface area contributed by atoms with Crippen LogP contribution in [0.15, 0.2) is 35.3 Å². The molecule has 0 spiro atoms. The number of nitrogens with zero attached hydrogens (tertiary/aromatic N) is 3. The zero-order valence-electron chi connectivity index (χ0n) is 15.9. The minimum atomic E-state index is -0.319. The van der Waals surface area contributed by atoms with Gasteiger partial charge in [0, 0.05) is 39.8 Å². The van der Waals surface area contributed by atoms with E-state index in [2.05, 4.69) is 11.0 Å². The zero-order chi connectivity index (χ0) is 17.9. The smallest absolute Gasteiger partial charge is 0.264 e. The third-order valence-electron chi connectivity index (χ3n) is 3.78. The molecule has 3 rings (SSSR count). The van der Waals surface area contributed by atoms with Crippen LogP contribution in [0.4, 0.5) is 0 Å². The van der Waals surface area contributed by atoms with Gasteiger partial charge in [0.1, 0.15) is 11.4 Å². The molecular weight excluding hydrogens is 403 g/mol. The molecule has 26 heavy (non-hydrogen) atoms. The van der Waals surface area contributed by atoms with Gasteiger partial charge < -0.3 is 12.5 Å². The molecule has 0 amide bonds. The van der Waals surface area contributed by atoms with Crippen LogP contribution in [0.2, 0.25) is 0 Å². The van der Waals surface area contributed by atoms with E-state index in [-0.39, 0.29) is 63.6 Å². The number of pyridine rings is 1. The van der Waals surface area contributed by atoms with E-state index in [0.717, 1.165) is 5.56 Å². The van der Waals surface area contributed by atoms with E-state index in [9.17, 15) is 9.90 Å². The first-order valence-corrected chi connectivity index (χ1v) is 7.83. The molecule has 0 saturated carbocycles. The Labute approximate surface area is 179 Å².